The summed E-state index contributed by atoms with van der Waals surface area (Å²) in [5, 5.41) is 6.64. The van der Waals surface area contributed by atoms with E-state index in [0.29, 0.717) is 23.6 Å². The summed E-state index contributed by atoms with van der Waals surface area (Å²) in [4.78, 5) is 23.9. The van der Waals surface area contributed by atoms with Gasteiger partial charge in [-0.1, -0.05) is 30.7 Å². The van der Waals surface area contributed by atoms with Crippen molar-refractivity contribution in [1.82, 2.24) is 14.9 Å². The third-order valence-corrected chi connectivity index (χ3v) is 8.32. The zero-order valence-electron chi connectivity index (χ0n) is 16.3. The summed E-state index contributed by atoms with van der Waals surface area (Å²) < 4.78 is 41.1. The van der Waals surface area contributed by atoms with E-state index >= 15 is 0 Å². The Morgan fingerprint density at radius 1 is 1.10 bits per heavy atom. The van der Waals surface area contributed by atoms with E-state index in [4.69, 9.17) is 0 Å². The van der Waals surface area contributed by atoms with E-state index in [2.05, 4.69) is 10.6 Å². The number of piperidine rings is 1. The van der Waals surface area contributed by atoms with Gasteiger partial charge in [-0.3, -0.25) is 9.59 Å². The molecular weight excluding hydrogens is 429 g/mol. The number of hydrogen-bond donors (Lipinski definition) is 2. The Kier molecular flexibility index (Phi) is 7.57. The molecule has 2 aromatic rings. The summed E-state index contributed by atoms with van der Waals surface area (Å²) in [7, 11) is -3.55. The van der Waals surface area contributed by atoms with E-state index < -0.39 is 27.7 Å². The van der Waals surface area contributed by atoms with Crippen LogP contribution in [0.3, 0.4) is 0 Å². The number of benzene rings is 1. The number of carbonyl (C=O) groups is 2. The molecule has 0 radical (unpaired) electrons. The largest absolute Gasteiger partial charge is 0.348 e. The van der Waals surface area contributed by atoms with Crippen LogP contribution in [-0.4, -0.2) is 43.7 Å². The second-order valence-electron chi connectivity index (χ2n) is 7.02. The average molecular weight is 454 g/mol. The van der Waals surface area contributed by atoms with Crippen LogP contribution < -0.4 is 10.6 Å². The number of carbonyl (C=O) groups excluding carboxylic acids is 2. The highest BCUT2D eigenvalue weighted by Gasteiger charge is 2.33. The number of hydrogen-bond acceptors (Lipinski definition) is 5. The van der Waals surface area contributed by atoms with Gasteiger partial charge in [0.1, 0.15) is 10.0 Å². The maximum atomic E-state index is 13.6. The molecule has 1 aromatic carbocycles. The van der Waals surface area contributed by atoms with Gasteiger partial charge in [0.2, 0.25) is 0 Å². The van der Waals surface area contributed by atoms with Crippen molar-refractivity contribution in [3.8, 4) is 0 Å². The van der Waals surface area contributed by atoms with E-state index in [1.165, 1.54) is 27.8 Å². The molecule has 1 fully saturated rings. The predicted octanol–water partition coefficient (Wildman–Crippen LogP) is 2.25. The molecule has 0 saturated carbocycles. The van der Waals surface area contributed by atoms with Gasteiger partial charge in [-0.2, -0.15) is 4.31 Å². The number of amides is 2. The second kappa shape index (κ2) is 10.1. The Labute approximate surface area is 179 Å². The lowest BCUT2D eigenvalue weighted by Crippen LogP contribution is -2.46. The van der Waals surface area contributed by atoms with Crippen LogP contribution in [0.2, 0.25) is 0 Å². The molecule has 1 aliphatic heterocycles. The highest BCUT2D eigenvalue weighted by molar-refractivity contribution is 7.91. The van der Waals surface area contributed by atoms with E-state index in [1.807, 2.05) is 0 Å². The van der Waals surface area contributed by atoms with Crippen molar-refractivity contribution in [1.29, 1.82) is 0 Å². The van der Waals surface area contributed by atoms with Crippen LogP contribution in [0, 0.1) is 5.82 Å². The van der Waals surface area contributed by atoms with Crippen molar-refractivity contribution in [3.63, 3.8) is 0 Å². The highest BCUT2D eigenvalue weighted by atomic mass is 32.2. The molecule has 30 heavy (non-hydrogen) atoms. The van der Waals surface area contributed by atoms with Crippen molar-refractivity contribution in [2.75, 3.05) is 13.1 Å². The van der Waals surface area contributed by atoms with Gasteiger partial charge in [-0.05, 0) is 36.8 Å². The highest BCUT2D eigenvalue weighted by Crippen LogP contribution is 2.29. The first kappa shape index (κ1) is 22.4. The first-order valence-corrected chi connectivity index (χ1v) is 12.1. The first-order chi connectivity index (χ1) is 14.4. The molecule has 1 aromatic heterocycles. The zero-order chi connectivity index (χ0) is 21.6. The number of thiophene rings is 1. The average Bonchev–Trinajstić information content (AvgIpc) is 3.29. The molecule has 2 heterocycles. The summed E-state index contributed by atoms with van der Waals surface area (Å²) >= 11 is 1.18. The number of nitrogens with zero attached hydrogens (tertiary/aromatic N) is 1. The van der Waals surface area contributed by atoms with Crippen LogP contribution in [0.1, 0.15) is 31.2 Å². The lowest BCUT2D eigenvalue weighted by molar-refractivity contribution is -0.139. The van der Waals surface area contributed by atoms with Crippen molar-refractivity contribution in [2.45, 2.75) is 42.5 Å². The molecule has 0 bridgehead atoms. The third kappa shape index (κ3) is 5.44. The van der Waals surface area contributed by atoms with Gasteiger partial charge in [0.05, 0.1) is 0 Å². The quantitative estimate of drug-likeness (QED) is 0.629. The van der Waals surface area contributed by atoms with Crippen LogP contribution in [0.15, 0.2) is 46.0 Å². The van der Waals surface area contributed by atoms with E-state index in [9.17, 15) is 22.4 Å². The lowest BCUT2D eigenvalue weighted by atomic mass is 10.0. The van der Waals surface area contributed by atoms with Crippen LogP contribution >= 0.6 is 11.3 Å². The van der Waals surface area contributed by atoms with Crippen LogP contribution in [0.25, 0.3) is 0 Å². The predicted molar refractivity (Wildman–Crippen MR) is 112 cm³/mol. The molecule has 0 aliphatic carbocycles. The van der Waals surface area contributed by atoms with Crippen LogP contribution in [-0.2, 0) is 26.2 Å². The molecule has 162 valence electrons. The van der Waals surface area contributed by atoms with E-state index in [1.54, 1.807) is 29.6 Å². The Morgan fingerprint density at radius 3 is 2.60 bits per heavy atom. The topological polar surface area (TPSA) is 95.6 Å². The molecule has 1 atom stereocenters. The van der Waals surface area contributed by atoms with Crippen LogP contribution in [0.5, 0.6) is 0 Å². The zero-order valence-corrected chi connectivity index (χ0v) is 18.0. The summed E-state index contributed by atoms with van der Waals surface area (Å²) in [6.07, 6.45) is 2.83. The van der Waals surface area contributed by atoms with Gasteiger partial charge in [0, 0.05) is 31.2 Å². The Morgan fingerprint density at radius 2 is 1.87 bits per heavy atom. The molecule has 7 nitrogen and oxygen atoms in total. The van der Waals surface area contributed by atoms with Gasteiger partial charge < -0.3 is 10.6 Å². The Hall–Kier alpha value is -2.30. The number of sulfonamides is 1. The molecule has 1 aliphatic rings. The maximum absolute atomic E-state index is 13.6. The normalized spacial score (nSPS) is 17.4. The standard InChI is InChI=1S/C20H24FN3O4S2/c21-17-8-2-1-6-15(17)14-23-20(26)19(25)22-11-10-16-7-3-4-12-24(16)30(27,28)18-9-5-13-29-18/h1-2,5-6,8-9,13,16H,3-4,7,10-12,14H2,(H,22,25)(H,23,26)/t16-/m0/s1. The fourth-order valence-electron chi connectivity index (χ4n) is 3.43. The second-order valence-corrected chi connectivity index (χ2v) is 10.1. The van der Waals surface area contributed by atoms with Gasteiger partial charge in [0.25, 0.3) is 10.0 Å². The summed E-state index contributed by atoms with van der Waals surface area (Å²) in [6.45, 7) is 0.531. The SMILES string of the molecule is O=C(NCC[C@@H]1CCCCN1S(=O)(=O)c1cccs1)C(=O)NCc1ccccc1F. The molecule has 1 saturated heterocycles. The fraction of sp³-hybridized carbons (Fsp3) is 0.400. The number of nitrogens with one attached hydrogen (secondary N) is 2. The van der Waals surface area contributed by atoms with Crippen molar-refractivity contribution in [3.05, 3.63) is 53.2 Å². The molecule has 2 amide bonds. The Balaban J connectivity index is 1.50. The van der Waals surface area contributed by atoms with E-state index in [0.717, 1.165) is 12.8 Å². The molecule has 3 rings (SSSR count). The number of halogens is 1. The smallest absolute Gasteiger partial charge is 0.309 e. The van der Waals surface area contributed by atoms with Crippen LogP contribution in [0.4, 0.5) is 4.39 Å². The van der Waals surface area contributed by atoms with Gasteiger partial charge >= 0.3 is 11.8 Å². The third-order valence-electron chi connectivity index (χ3n) is 5.00. The van der Waals surface area contributed by atoms with Gasteiger partial charge in [-0.15, -0.1) is 11.3 Å². The minimum absolute atomic E-state index is 0.0889. The first-order valence-electron chi connectivity index (χ1n) is 9.74. The van der Waals surface area contributed by atoms with E-state index in [-0.39, 0.29) is 24.7 Å². The molecule has 0 spiro atoms. The monoisotopic (exact) mass is 453 g/mol. The van der Waals surface area contributed by atoms with Gasteiger partial charge in [0.15, 0.2) is 0 Å². The lowest BCUT2D eigenvalue weighted by Gasteiger charge is -2.34. The van der Waals surface area contributed by atoms with Crippen molar-refractivity contribution in [2.24, 2.45) is 0 Å². The summed E-state index contributed by atoms with van der Waals surface area (Å²) in [6, 6.07) is 9.06. The van der Waals surface area contributed by atoms with Crippen molar-refractivity contribution < 1.29 is 22.4 Å². The summed E-state index contributed by atoms with van der Waals surface area (Å²) in [5.41, 5.74) is 0.287. The fourth-order valence-corrected chi connectivity index (χ4v) is 6.28. The minimum atomic E-state index is -3.55. The summed E-state index contributed by atoms with van der Waals surface area (Å²) in [5.74, 6) is -2.14. The maximum Gasteiger partial charge on any atom is 0.309 e. The number of rotatable bonds is 7. The Bertz CT molecular complexity index is 980. The minimum Gasteiger partial charge on any atom is -0.348 e. The molecule has 10 heteroatoms. The van der Waals surface area contributed by atoms with Gasteiger partial charge in [-0.25, -0.2) is 12.8 Å². The molecular formula is C20H24FN3O4S2. The molecule has 0 unspecified atom stereocenters. The van der Waals surface area contributed by atoms with Crippen molar-refractivity contribution >= 4 is 33.2 Å². The molecule has 2 N–H and O–H groups in total.